The van der Waals surface area contributed by atoms with Crippen LogP contribution in [-0.2, 0) is 10.2 Å². The molecule has 0 fully saturated rings. The van der Waals surface area contributed by atoms with Crippen molar-refractivity contribution in [2.45, 2.75) is 33.1 Å². The Morgan fingerprint density at radius 3 is 2.23 bits per heavy atom. The van der Waals surface area contributed by atoms with Crippen molar-refractivity contribution in [3.05, 3.63) is 54.1 Å². The zero-order chi connectivity index (χ0) is 19.1. The lowest BCUT2D eigenvalue weighted by Crippen LogP contribution is -2.16. The van der Waals surface area contributed by atoms with E-state index in [2.05, 4.69) is 22.1 Å². The molecule has 0 aliphatic heterocycles. The molecule has 3 rings (SSSR count). The third-order valence-electron chi connectivity index (χ3n) is 4.05. The maximum absolute atomic E-state index is 12.0. The van der Waals surface area contributed by atoms with Crippen molar-refractivity contribution in [3.8, 4) is 11.4 Å². The summed E-state index contributed by atoms with van der Waals surface area (Å²) in [6.07, 6.45) is 0. The van der Waals surface area contributed by atoms with Crippen LogP contribution in [0.4, 0.5) is 5.69 Å². The zero-order valence-electron chi connectivity index (χ0n) is 15.4. The lowest BCUT2D eigenvalue weighted by Gasteiger charge is -2.23. The smallest absolute Gasteiger partial charge is 0.250 e. The minimum absolute atomic E-state index is 0.0890. The molecule has 6 heteroatoms. The van der Waals surface area contributed by atoms with E-state index in [9.17, 15) is 9.90 Å². The molecule has 0 spiro atoms. The van der Waals surface area contributed by atoms with Gasteiger partial charge in [-0.2, -0.15) is 0 Å². The number of nitrogens with one attached hydrogen (secondary N) is 1. The summed E-state index contributed by atoms with van der Waals surface area (Å²) in [5.74, 6) is -0.189. The lowest BCUT2D eigenvalue weighted by molar-refractivity contribution is -0.112. The molecule has 1 heterocycles. The average Bonchev–Trinajstić information content (AvgIpc) is 2.98. The number of benzene rings is 2. The van der Waals surface area contributed by atoms with Crippen LogP contribution in [-0.4, -0.2) is 26.0 Å². The van der Waals surface area contributed by atoms with Gasteiger partial charge in [-0.3, -0.25) is 4.79 Å². The minimum Gasteiger partial charge on any atom is -0.505 e. The Hall–Kier alpha value is -3.15. The number of rotatable bonds is 3. The molecule has 0 saturated heterocycles. The molecule has 1 aromatic heterocycles. The number of fused-ring (bicyclic) bond motifs is 1. The number of aromatic nitrogens is 3. The van der Waals surface area contributed by atoms with E-state index in [1.54, 1.807) is 19.1 Å². The van der Waals surface area contributed by atoms with Crippen LogP contribution in [0.1, 0.15) is 33.3 Å². The maximum atomic E-state index is 12.0. The van der Waals surface area contributed by atoms with Crippen LogP contribution in [0.5, 0.6) is 5.75 Å². The predicted molar refractivity (Wildman–Crippen MR) is 103 cm³/mol. The normalized spacial score (nSPS) is 11.5. The third-order valence-corrected chi connectivity index (χ3v) is 4.05. The van der Waals surface area contributed by atoms with E-state index in [1.165, 1.54) is 4.80 Å². The fourth-order valence-corrected chi connectivity index (χ4v) is 2.62. The number of anilines is 1. The number of aromatic hydroxyl groups is 1. The molecular formula is C20H22N4O2. The zero-order valence-corrected chi connectivity index (χ0v) is 15.4. The second kappa shape index (κ2) is 6.29. The first-order chi connectivity index (χ1) is 12.2. The molecule has 0 aliphatic carbocycles. The van der Waals surface area contributed by atoms with Crippen molar-refractivity contribution < 1.29 is 9.90 Å². The van der Waals surface area contributed by atoms with Gasteiger partial charge in [-0.15, -0.1) is 15.0 Å². The number of carbonyl (C=O) groups excluding carboxylic acids is 1. The van der Waals surface area contributed by atoms with Gasteiger partial charge in [0, 0.05) is 16.8 Å². The molecule has 3 aromatic rings. The summed E-state index contributed by atoms with van der Waals surface area (Å²) in [6.45, 7) is 11.3. The van der Waals surface area contributed by atoms with Gasteiger partial charge in [0.05, 0.1) is 0 Å². The number of amides is 1. The number of hydrogen-bond acceptors (Lipinski definition) is 4. The molecule has 0 saturated carbocycles. The molecule has 2 N–H and O–H groups in total. The molecule has 6 nitrogen and oxygen atoms in total. The molecule has 0 unspecified atom stereocenters. The van der Waals surface area contributed by atoms with Crippen molar-refractivity contribution in [3.63, 3.8) is 0 Å². The van der Waals surface area contributed by atoms with Crippen molar-refractivity contribution >= 4 is 22.6 Å². The van der Waals surface area contributed by atoms with Crippen molar-refractivity contribution in [1.29, 1.82) is 0 Å². The molecule has 0 radical (unpaired) electrons. The number of phenols is 1. The second-order valence-corrected chi connectivity index (χ2v) is 7.35. The standard InChI is InChI=1S/C20H22N4O2/c1-12(2)19(26)21-13-10-14(20(3,4)5)18(25)17(11-13)24-22-15-8-6-7-9-16(15)23-24/h6-11,25H,1H2,2-5H3,(H,21,26). The third kappa shape index (κ3) is 3.31. The molecular weight excluding hydrogens is 328 g/mol. The van der Waals surface area contributed by atoms with Gasteiger partial charge in [-0.25, -0.2) is 0 Å². The van der Waals surface area contributed by atoms with Crippen LogP contribution in [0.2, 0.25) is 0 Å². The van der Waals surface area contributed by atoms with E-state index in [1.807, 2.05) is 45.0 Å². The Balaban J connectivity index is 2.19. The monoisotopic (exact) mass is 350 g/mol. The Morgan fingerprint density at radius 1 is 1.15 bits per heavy atom. The van der Waals surface area contributed by atoms with Gasteiger partial charge >= 0.3 is 0 Å². The van der Waals surface area contributed by atoms with E-state index < -0.39 is 0 Å². The highest BCUT2D eigenvalue weighted by atomic mass is 16.3. The van der Waals surface area contributed by atoms with Gasteiger partial charge in [-0.1, -0.05) is 39.5 Å². The summed E-state index contributed by atoms with van der Waals surface area (Å²) >= 11 is 0. The topological polar surface area (TPSA) is 80.0 Å². The van der Waals surface area contributed by atoms with Gasteiger partial charge in [0.25, 0.3) is 5.91 Å². The summed E-state index contributed by atoms with van der Waals surface area (Å²) in [6, 6.07) is 10.9. The summed E-state index contributed by atoms with van der Waals surface area (Å²) in [5, 5.41) is 22.5. The highest BCUT2D eigenvalue weighted by molar-refractivity contribution is 6.03. The molecule has 26 heavy (non-hydrogen) atoms. The first-order valence-electron chi connectivity index (χ1n) is 8.33. The fourth-order valence-electron chi connectivity index (χ4n) is 2.62. The first kappa shape index (κ1) is 17.7. The van der Waals surface area contributed by atoms with Crippen LogP contribution in [0.25, 0.3) is 16.7 Å². The van der Waals surface area contributed by atoms with Crippen LogP contribution in [0.15, 0.2) is 48.6 Å². The summed E-state index contributed by atoms with van der Waals surface area (Å²) in [7, 11) is 0. The lowest BCUT2D eigenvalue weighted by atomic mass is 9.85. The van der Waals surface area contributed by atoms with E-state index >= 15 is 0 Å². The average molecular weight is 350 g/mol. The van der Waals surface area contributed by atoms with E-state index in [0.29, 0.717) is 22.5 Å². The summed E-state index contributed by atoms with van der Waals surface area (Å²) in [5.41, 5.74) is 3.16. The number of nitrogens with zero attached hydrogens (tertiary/aromatic N) is 3. The van der Waals surface area contributed by atoms with Crippen LogP contribution >= 0.6 is 0 Å². The molecule has 0 bridgehead atoms. The SMILES string of the molecule is C=C(C)C(=O)Nc1cc(-n2nc3ccccc3n2)c(O)c(C(C)(C)C)c1. The van der Waals surface area contributed by atoms with Gasteiger partial charge < -0.3 is 10.4 Å². The molecule has 0 aliphatic rings. The van der Waals surface area contributed by atoms with Gasteiger partial charge in [0.15, 0.2) is 0 Å². The van der Waals surface area contributed by atoms with E-state index in [0.717, 1.165) is 11.0 Å². The van der Waals surface area contributed by atoms with Crippen molar-refractivity contribution in [2.24, 2.45) is 0 Å². The first-order valence-corrected chi connectivity index (χ1v) is 8.33. The van der Waals surface area contributed by atoms with Gasteiger partial charge in [0.2, 0.25) is 0 Å². The van der Waals surface area contributed by atoms with Crippen LogP contribution in [0, 0.1) is 0 Å². The largest absolute Gasteiger partial charge is 0.505 e. The second-order valence-electron chi connectivity index (χ2n) is 7.35. The number of carbonyl (C=O) groups is 1. The number of phenolic OH excluding ortho intramolecular Hbond substituents is 1. The summed E-state index contributed by atoms with van der Waals surface area (Å²) in [4.78, 5) is 13.4. The van der Waals surface area contributed by atoms with Crippen molar-refractivity contribution in [1.82, 2.24) is 15.0 Å². The fraction of sp³-hybridized carbons (Fsp3) is 0.250. The highest BCUT2D eigenvalue weighted by Crippen LogP contribution is 2.37. The van der Waals surface area contributed by atoms with Gasteiger partial charge in [0.1, 0.15) is 22.5 Å². The molecule has 1 amide bonds. The summed E-state index contributed by atoms with van der Waals surface area (Å²) < 4.78 is 0. The van der Waals surface area contributed by atoms with Gasteiger partial charge in [-0.05, 0) is 36.6 Å². The highest BCUT2D eigenvalue weighted by Gasteiger charge is 2.23. The van der Waals surface area contributed by atoms with Crippen LogP contribution in [0.3, 0.4) is 0 Å². The molecule has 134 valence electrons. The van der Waals surface area contributed by atoms with Crippen LogP contribution < -0.4 is 5.32 Å². The number of hydrogen-bond donors (Lipinski definition) is 2. The Labute approximate surface area is 152 Å². The van der Waals surface area contributed by atoms with Crippen molar-refractivity contribution in [2.75, 3.05) is 5.32 Å². The minimum atomic E-state index is -0.338. The Morgan fingerprint density at radius 2 is 1.73 bits per heavy atom. The molecule has 0 atom stereocenters. The quantitative estimate of drug-likeness (QED) is 0.554. The Kier molecular flexibility index (Phi) is 4.28. The predicted octanol–water partition coefficient (Wildman–Crippen LogP) is 3.94. The maximum Gasteiger partial charge on any atom is 0.250 e. The Bertz CT molecular complexity index is 979. The van der Waals surface area contributed by atoms with E-state index in [4.69, 9.17) is 0 Å². The van der Waals surface area contributed by atoms with E-state index in [-0.39, 0.29) is 17.1 Å². The molecule has 2 aromatic carbocycles.